The van der Waals surface area contributed by atoms with Crippen molar-refractivity contribution in [2.75, 3.05) is 20.2 Å². The van der Waals surface area contributed by atoms with Crippen LogP contribution in [0.3, 0.4) is 0 Å². The van der Waals surface area contributed by atoms with Crippen molar-refractivity contribution in [1.82, 2.24) is 5.32 Å². The van der Waals surface area contributed by atoms with Gasteiger partial charge in [0.15, 0.2) is 0 Å². The van der Waals surface area contributed by atoms with Gasteiger partial charge < -0.3 is 10.1 Å². The van der Waals surface area contributed by atoms with Gasteiger partial charge in [0.05, 0.1) is 6.10 Å². The molecule has 2 bridgehead atoms. The van der Waals surface area contributed by atoms with Crippen LogP contribution in [-0.4, -0.2) is 26.3 Å². The van der Waals surface area contributed by atoms with Crippen molar-refractivity contribution in [2.45, 2.75) is 59.0 Å². The number of hydrogen-bond acceptors (Lipinski definition) is 2. The number of nitrogens with one attached hydrogen (secondary N) is 1. The zero-order valence-electron chi connectivity index (χ0n) is 12.7. The molecule has 0 spiro atoms. The fourth-order valence-corrected chi connectivity index (χ4v) is 4.36. The van der Waals surface area contributed by atoms with E-state index in [1.54, 1.807) is 0 Å². The molecule has 0 heterocycles. The average molecular weight is 253 g/mol. The Bertz CT molecular complexity index is 266. The van der Waals surface area contributed by atoms with Gasteiger partial charge in [0.2, 0.25) is 0 Å². The smallest absolute Gasteiger partial charge is 0.0549 e. The number of ether oxygens (including phenoxy) is 1. The van der Waals surface area contributed by atoms with Crippen molar-refractivity contribution in [3.05, 3.63) is 0 Å². The number of fused-ring (bicyclic) bond motifs is 2. The summed E-state index contributed by atoms with van der Waals surface area (Å²) in [6.07, 6.45) is 7.53. The monoisotopic (exact) mass is 253 g/mol. The molecule has 0 amide bonds. The molecule has 4 unspecified atom stereocenters. The first-order chi connectivity index (χ1) is 8.55. The van der Waals surface area contributed by atoms with Crippen LogP contribution in [0.4, 0.5) is 0 Å². The lowest BCUT2D eigenvalue weighted by Crippen LogP contribution is -2.42. The van der Waals surface area contributed by atoms with Gasteiger partial charge in [-0.05, 0) is 62.3 Å². The third kappa shape index (κ3) is 3.08. The molecular weight excluding hydrogens is 222 g/mol. The largest absolute Gasteiger partial charge is 0.382 e. The molecule has 2 aliphatic rings. The summed E-state index contributed by atoms with van der Waals surface area (Å²) in [5.41, 5.74) is 0.535. The van der Waals surface area contributed by atoms with Gasteiger partial charge in [-0.2, -0.15) is 0 Å². The van der Waals surface area contributed by atoms with E-state index < -0.39 is 0 Å². The van der Waals surface area contributed by atoms with Gasteiger partial charge in [-0.1, -0.05) is 20.3 Å². The maximum atomic E-state index is 5.54. The molecule has 2 nitrogen and oxygen atoms in total. The Morgan fingerprint density at radius 2 is 2.06 bits per heavy atom. The first-order valence-electron chi connectivity index (χ1n) is 7.79. The molecule has 1 N–H and O–H groups in total. The predicted molar refractivity (Wildman–Crippen MR) is 76.7 cm³/mol. The Labute approximate surface area is 113 Å². The van der Waals surface area contributed by atoms with Crippen LogP contribution >= 0.6 is 0 Å². The molecule has 0 saturated heterocycles. The van der Waals surface area contributed by atoms with E-state index >= 15 is 0 Å². The van der Waals surface area contributed by atoms with E-state index in [-0.39, 0.29) is 0 Å². The molecular formula is C16H31NO. The third-order valence-electron chi connectivity index (χ3n) is 5.23. The molecule has 0 aliphatic heterocycles. The third-order valence-corrected chi connectivity index (χ3v) is 5.23. The quantitative estimate of drug-likeness (QED) is 0.750. The van der Waals surface area contributed by atoms with E-state index in [1.807, 2.05) is 7.11 Å². The number of methoxy groups -OCH3 is 1. The van der Waals surface area contributed by atoms with Crippen LogP contribution in [0.1, 0.15) is 52.9 Å². The van der Waals surface area contributed by atoms with Crippen LogP contribution in [0.5, 0.6) is 0 Å². The zero-order chi connectivity index (χ0) is 13.2. The van der Waals surface area contributed by atoms with Crippen LogP contribution in [-0.2, 0) is 4.74 Å². The second-order valence-electron chi connectivity index (χ2n) is 7.22. The van der Waals surface area contributed by atoms with Crippen LogP contribution in [0.2, 0.25) is 0 Å². The number of rotatable bonds is 7. The van der Waals surface area contributed by atoms with Crippen LogP contribution in [0, 0.1) is 23.2 Å². The van der Waals surface area contributed by atoms with Crippen LogP contribution in [0.25, 0.3) is 0 Å². The van der Waals surface area contributed by atoms with Gasteiger partial charge in [0.1, 0.15) is 0 Å². The van der Waals surface area contributed by atoms with Crippen molar-refractivity contribution in [3.63, 3.8) is 0 Å². The summed E-state index contributed by atoms with van der Waals surface area (Å²) in [6.45, 7) is 9.17. The lowest BCUT2D eigenvalue weighted by molar-refractivity contribution is 0.0353. The minimum atomic E-state index is 0.408. The molecule has 0 aromatic carbocycles. The molecule has 2 rings (SSSR count). The van der Waals surface area contributed by atoms with E-state index in [0.29, 0.717) is 11.5 Å². The molecule has 18 heavy (non-hydrogen) atoms. The molecule has 0 aromatic heterocycles. The van der Waals surface area contributed by atoms with Gasteiger partial charge in [-0.15, -0.1) is 0 Å². The second kappa shape index (κ2) is 5.92. The van der Waals surface area contributed by atoms with E-state index in [9.17, 15) is 0 Å². The fourth-order valence-electron chi connectivity index (χ4n) is 4.36. The summed E-state index contributed by atoms with van der Waals surface area (Å²) in [5, 5.41) is 3.73. The highest BCUT2D eigenvalue weighted by atomic mass is 16.5. The molecule has 2 saturated carbocycles. The normalized spacial score (nSPS) is 36.5. The van der Waals surface area contributed by atoms with Gasteiger partial charge in [-0.3, -0.25) is 0 Å². The van der Waals surface area contributed by atoms with Crippen molar-refractivity contribution in [3.8, 4) is 0 Å². The molecule has 2 fully saturated rings. The SMILES string of the molecule is COC(C)CC1(CNCC(C)C)CC2CCC1C2. The topological polar surface area (TPSA) is 21.3 Å². The molecule has 0 aromatic rings. The maximum absolute atomic E-state index is 5.54. The average Bonchev–Trinajstić information content (AvgIpc) is 2.88. The molecule has 0 radical (unpaired) electrons. The van der Waals surface area contributed by atoms with Gasteiger partial charge >= 0.3 is 0 Å². The van der Waals surface area contributed by atoms with Crippen molar-refractivity contribution in [1.29, 1.82) is 0 Å². The van der Waals surface area contributed by atoms with Gasteiger partial charge in [0, 0.05) is 13.7 Å². The predicted octanol–water partition coefficient (Wildman–Crippen LogP) is 3.46. The van der Waals surface area contributed by atoms with Gasteiger partial charge in [-0.25, -0.2) is 0 Å². The second-order valence-corrected chi connectivity index (χ2v) is 7.22. The summed E-state index contributed by atoms with van der Waals surface area (Å²) in [7, 11) is 1.85. The van der Waals surface area contributed by atoms with Crippen molar-refractivity contribution < 1.29 is 4.74 Å². The highest BCUT2D eigenvalue weighted by Crippen LogP contribution is 2.57. The standard InChI is InChI=1S/C16H31NO/c1-12(2)10-17-11-16(8-13(3)18-4)9-14-5-6-15(16)7-14/h12-15,17H,5-11H2,1-4H3. The lowest BCUT2D eigenvalue weighted by atomic mass is 9.69. The summed E-state index contributed by atoms with van der Waals surface area (Å²) >= 11 is 0. The Kier molecular flexibility index (Phi) is 4.71. The Hall–Kier alpha value is -0.0800. The Balaban J connectivity index is 1.95. The summed E-state index contributed by atoms with van der Waals surface area (Å²) in [4.78, 5) is 0. The van der Waals surface area contributed by atoms with Gasteiger partial charge in [0.25, 0.3) is 0 Å². The Morgan fingerprint density at radius 3 is 2.56 bits per heavy atom. The first kappa shape index (κ1) is 14.3. The van der Waals surface area contributed by atoms with E-state index in [0.717, 1.165) is 24.3 Å². The van der Waals surface area contributed by atoms with Crippen molar-refractivity contribution >= 4 is 0 Å². The summed E-state index contributed by atoms with van der Waals surface area (Å²) < 4.78 is 5.54. The van der Waals surface area contributed by atoms with E-state index in [1.165, 1.54) is 38.6 Å². The zero-order valence-corrected chi connectivity index (χ0v) is 12.7. The van der Waals surface area contributed by atoms with Crippen LogP contribution < -0.4 is 5.32 Å². The molecule has 106 valence electrons. The molecule has 2 heteroatoms. The summed E-state index contributed by atoms with van der Waals surface area (Å²) in [6, 6.07) is 0. The van der Waals surface area contributed by atoms with Crippen molar-refractivity contribution in [2.24, 2.45) is 23.2 Å². The first-order valence-corrected chi connectivity index (χ1v) is 7.79. The number of hydrogen-bond donors (Lipinski definition) is 1. The Morgan fingerprint density at radius 1 is 1.28 bits per heavy atom. The lowest BCUT2D eigenvalue weighted by Gasteiger charge is -2.40. The molecule has 4 atom stereocenters. The summed E-state index contributed by atoms with van der Waals surface area (Å²) in [5.74, 6) is 2.72. The highest BCUT2D eigenvalue weighted by Gasteiger charge is 2.50. The fraction of sp³-hybridized carbons (Fsp3) is 1.00. The minimum absolute atomic E-state index is 0.408. The van der Waals surface area contributed by atoms with Crippen LogP contribution in [0.15, 0.2) is 0 Å². The van der Waals surface area contributed by atoms with E-state index in [4.69, 9.17) is 4.74 Å². The molecule has 2 aliphatic carbocycles. The maximum Gasteiger partial charge on any atom is 0.0549 e. The van der Waals surface area contributed by atoms with E-state index in [2.05, 4.69) is 26.1 Å². The highest BCUT2D eigenvalue weighted by molar-refractivity contribution is 5.02. The minimum Gasteiger partial charge on any atom is -0.382 e.